The van der Waals surface area contributed by atoms with E-state index in [1.165, 1.54) is 6.08 Å². The minimum absolute atomic E-state index is 0.143. The van der Waals surface area contributed by atoms with Crippen LogP contribution in [0.3, 0.4) is 0 Å². The standard InChI is InChI=1S/C17H22N2O5/c1-3-9-18-15(20)11-19-16(21)12-24-17(22)8-7-13-5-4-6-14(10-13)23-2/h4-8,10H,3,9,11-12H2,1-2H3,(H,18,20)(H,19,21)/b8-7+. The Bertz CT molecular complexity index is 598. The van der Waals surface area contributed by atoms with E-state index >= 15 is 0 Å². The molecule has 0 bridgehead atoms. The van der Waals surface area contributed by atoms with E-state index in [9.17, 15) is 14.4 Å². The molecule has 24 heavy (non-hydrogen) atoms. The monoisotopic (exact) mass is 334 g/mol. The first-order valence-electron chi connectivity index (χ1n) is 7.57. The summed E-state index contributed by atoms with van der Waals surface area (Å²) in [6.07, 6.45) is 3.59. The molecule has 0 radical (unpaired) electrons. The number of benzene rings is 1. The fourth-order valence-electron chi connectivity index (χ4n) is 1.65. The van der Waals surface area contributed by atoms with Crippen LogP contribution in [0.15, 0.2) is 30.3 Å². The van der Waals surface area contributed by atoms with Crippen molar-refractivity contribution in [2.24, 2.45) is 0 Å². The molecule has 2 amide bonds. The third-order valence-electron chi connectivity index (χ3n) is 2.87. The van der Waals surface area contributed by atoms with Crippen molar-refractivity contribution in [2.45, 2.75) is 13.3 Å². The van der Waals surface area contributed by atoms with Crippen LogP contribution in [-0.4, -0.2) is 44.6 Å². The first-order valence-corrected chi connectivity index (χ1v) is 7.57. The number of hydrogen-bond donors (Lipinski definition) is 2. The van der Waals surface area contributed by atoms with Crippen LogP contribution in [0.4, 0.5) is 0 Å². The molecule has 0 fully saturated rings. The smallest absolute Gasteiger partial charge is 0.331 e. The molecule has 1 aromatic rings. The van der Waals surface area contributed by atoms with Gasteiger partial charge in [0.2, 0.25) is 5.91 Å². The van der Waals surface area contributed by atoms with Crippen molar-refractivity contribution in [1.29, 1.82) is 0 Å². The van der Waals surface area contributed by atoms with Crippen LogP contribution in [0.1, 0.15) is 18.9 Å². The minimum Gasteiger partial charge on any atom is -0.497 e. The summed E-state index contributed by atoms with van der Waals surface area (Å²) in [7, 11) is 1.55. The molecule has 0 spiro atoms. The van der Waals surface area contributed by atoms with Gasteiger partial charge in [0, 0.05) is 12.6 Å². The van der Waals surface area contributed by atoms with Crippen LogP contribution < -0.4 is 15.4 Å². The van der Waals surface area contributed by atoms with E-state index in [2.05, 4.69) is 10.6 Å². The maximum absolute atomic E-state index is 11.6. The number of esters is 1. The lowest BCUT2D eigenvalue weighted by Crippen LogP contribution is -2.38. The van der Waals surface area contributed by atoms with Gasteiger partial charge in [-0.15, -0.1) is 0 Å². The number of carbonyl (C=O) groups excluding carboxylic acids is 3. The molecule has 1 aromatic carbocycles. The predicted octanol–water partition coefficient (Wildman–Crippen LogP) is 0.894. The third-order valence-corrected chi connectivity index (χ3v) is 2.87. The zero-order chi connectivity index (χ0) is 17.8. The zero-order valence-electron chi connectivity index (χ0n) is 13.8. The molecule has 0 aliphatic carbocycles. The van der Waals surface area contributed by atoms with E-state index in [-0.39, 0.29) is 12.5 Å². The SMILES string of the molecule is CCCNC(=O)CNC(=O)COC(=O)/C=C/c1cccc(OC)c1. The van der Waals surface area contributed by atoms with Crippen molar-refractivity contribution in [3.05, 3.63) is 35.9 Å². The molecule has 0 aliphatic heterocycles. The second-order valence-electron chi connectivity index (χ2n) is 4.84. The van der Waals surface area contributed by atoms with Crippen molar-refractivity contribution in [2.75, 3.05) is 26.8 Å². The Balaban J connectivity index is 2.31. The van der Waals surface area contributed by atoms with Crippen LogP contribution in [0.5, 0.6) is 5.75 Å². The molecule has 7 nitrogen and oxygen atoms in total. The molecule has 0 unspecified atom stereocenters. The first kappa shape index (κ1) is 19.2. The average molecular weight is 334 g/mol. The molecule has 0 aliphatic rings. The van der Waals surface area contributed by atoms with Gasteiger partial charge in [-0.3, -0.25) is 9.59 Å². The Morgan fingerprint density at radius 3 is 2.67 bits per heavy atom. The van der Waals surface area contributed by atoms with Gasteiger partial charge in [0.1, 0.15) is 5.75 Å². The quantitative estimate of drug-likeness (QED) is 0.517. The number of methoxy groups -OCH3 is 1. The largest absolute Gasteiger partial charge is 0.497 e. The number of hydrogen-bond acceptors (Lipinski definition) is 5. The average Bonchev–Trinajstić information content (AvgIpc) is 2.61. The number of nitrogens with one attached hydrogen (secondary N) is 2. The normalized spacial score (nSPS) is 10.2. The van der Waals surface area contributed by atoms with Crippen LogP contribution in [0.25, 0.3) is 6.08 Å². The van der Waals surface area contributed by atoms with E-state index in [1.807, 2.05) is 6.92 Å². The lowest BCUT2D eigenvalue weighted by Gasteiger charge is -2.06. The van der Waals surface area contributed by atoms with Crippen molar-refractivity contribution < 1.29 is 23.9 Å². The predicted molar refractivity (Wildman–Crippen MR) is 89.3 cm³/mol. The van der Waals surface area contributed by atoms with Gasteiger partial charge in [-0.2, -0.15) is 0 Å². The number of ether oxygens (including phenoxy) is 2. The fourth-order valence-corrected chi connectivity index (χ4v) is 1.65. The summed E-state index contributed by atoms with van der Waals surface area (Å²) in [5.74, 6) is -0.797. The number of rotatable bonds is 9. The summed E-state index contributed by atoms with van der Waals surface area (Å²) in [4.78, 5) is 34.3. The Morgan fingerprint density at radius 2 is 1.96 bits per heavy atom. The molecule has 0 saturated carbocycles. The Labute approximate surface area is 141 Å². The summed E-state index contributed by atoms with van der Waals surface area (Å²) in [5, 5.41) is 4.98. The Kier molecular flexibility index (Phi) is 8.67. The van der Waals surface area contributed by atoms with E-state index in [0.29, 0.717) is 12.3 Å². The summed E-state index contributed by atoms with van der Waals surface area (Å²) in [5.41, 5.74) is 0.767. The molecule has 130 valence electrons. The Morgan fingerprint density at radius 1 is 1.17 bits per heavy atom. The molecule has 0 atom stereocenters. The summed E-state index contributed by atoms with van der Waals surface area (Å²) >= 11 is 0. The molecule has 0 aromatic heterocycles. The molecule has 7 heteroatoms. The molecular weight excluding hydrogens is 312 g/mol. The topological polar surface area (TPSA) is 93.7 Å². The van der Waals surface area contributed by atoms with Gasteiger partial charge in [-0.25, -0.2) is 4.79 Å². The second kappa shape index (κ2) is 10.8. The van der Waals surface area contributed by atoms with Gasteiger partial charge >= 0.3 is 5.97 Å². The van der Waals surface area contributed by atoms with Crippen LogP contribution in [0.2, 0.25) is 0 Å². The number of carbonyl (C=O) groups is 3. The summed E-state index contributed by atoms with van der Waals surface area (Å²) in [6.45, 7) is 1.90. The van der Waals surface area contributed by atoms with Crippen molar-refractivity contribution in [1.82, 2.24) is 10.6 Å². The van der Waals surface area contributed by atoms with Crippen LogP contribution >= 0.6 is 0 Å². The highest BCUT2D eigenvalue weighted by molar-refractivity contribution is 5.90. The lowest BCUT2D eigenvalue weighted by atomic mass is 10.2. The molecular formula is C17H22N2O5. The minimum atomic E-state index is -0.650. The van der Waals surface area contributed by atoms with Gasteiger partial charge in [-0.1, -0.05) is 19.1 Å². The van der Waals surface area contributed by atoms with Gasteiger partial charge in [-0.05, 0) is 30.2 Å². The molecule has 0 heterocycles. The van der Waals surface area contributed by atoms with Gasteiger partial charge in [0.05, 0.1) is 13.7 Å². The lowest BCUT2D eigenvalue weighted by molar-refractivity contribution is -0.143. The third kappa shape index (κ3) is 7.98. The fraction of sp³-hybridized carbons (Fsp3) is 0.353. The Hall–Kier alpha value is -2.83. The van der Waals surface area contributed by atoms with Crippen molar-refractivity contribution in [3.63, 3.8) is 0 Å². The highest BCUT2D eigenvalue weighted by Crippen LogP contribution is 2.13. The second-order valence-corrected chi connectivity index (χ2v) is 4.84. The first-order chi connectivity index (χ1) is 11.5. The van der Waals surface area contributed by atoms with E-state index in [0.717, 1.165) is 12.0 Å². The van der Waals surface area contributed by atoms with Crippen molar-refractivity contribution >= 4 is 23.9 Å². The maximum atomic E-state index is 11.6. The zero-order valence-corrected chi connectivity index (χ0v) is 13.8. The van der Waals surface area contributed by atoms with Gasteiger partial charge < -0.3 is 20.1 Å². The van der Waals surface area contributed by atoms with Crippen LogP contribution in [-0.2, 0) is 19.1 Å². The van der Waals surface area contributed by atoms with E-state index in [1.54, 1.807) is 37.5 Å². The van der Waals surface area contributed by atoms with Gasteiger partial charge in [0.25, 0.3) is 5.91 Å². The summed E-state index contributed by atoms with van der Waals surface area (Å²) < 4.78 is 9.87. The molecule has 1 rings (SSSR count). The van der Waals surface area contributed by atoms with Crippen molar-refractivity contribution in [3.8, 4) is 5.75 Å². The maximum Gasteiger partial charge on any atom is 0.331 e. The van der Waals surface area contributed by atoms with E-state index < -0.39 is 18.5 Å². The van der Waals surface area contributed by atoms with Crippen LogP contribution in [0, 0.1) is 0 Å². The summed E-state index contributed by atoms with van der Waals surface area (Å²) in [6, 6.07) is 7.14. The van der Waals surface area contributed by atoms with Gasteiger partial charge in [0.15, 0.2) is 6.61 Å². The molecule has 0 saturated heterocycles. The van der Waals surface area contributed by atoms with E-state index in [4.69, 9.17) is 9.47 Å². The highest BCUT2D eigenvalue weighted by Gasteiger charge is 2.07. The number of amides is 2. The highest BCUT2D eigenvalue weighted by atomic mass is 16.5. The molecule has 2 N–H and O–H groups in total.